The quantitative estimate of drug-likeness (QED) is 0.492. The zero-order valence-corrected chi connectivity index (χ0v) is 19.0. The van der Waals surface area contributed by atoms with Gasteiger partial charge in [0.05, 0.1) is 18.8 Å². The molecule has 4 nitrogen and oxygen atoms in total. The summed E-state index contributed by atoms with van der Waals surface area (Å²) in [5.74, 6) is 0.900. The van der Waals surface area contributed by atoms with E-state index in [1.165, 1.54) is 16.7 Å². The Morgan fingerprint density at radius 3 is 1.93 bits per heavy atom. The molecule has 0 spiro atoms. The molecule has 0 fully saturated rings. The van der Waals surface area contributed by atoms with Gasteiger partial charge in [-0.2, -0.15) is 0 Å². The van der Waals surface area contributed by atoms with Crippen LogP contribution in [0.25, 0.3) is 0 Å². The Balaban J connectivity index is 2.07. The van der Waals surface area contributed by atoms with E-state index in [9.17, 15) is 0 Å². The topological polar surface area (TPSA) is 39.7 Å². The maximum Gasteiger partial charge on any atom is 0.130 e. The molecule has 0 saturated heterocycles. The molecule has 0 aliphatic heterocycles. The van der Waals surface area contributed by atoms with Crippen LogP contribution in [0.15, 0.2) is 36.4 Å². The number of rotatable bonds is 11. The summed E-state index contributed by atoms with van der Waals surface area (Å²) in [6.07, 6.45) is 1.88. The summed E-state index contributed by atoms with van der Waals surface area (Å²) in [6, 6.07) is 13.5. The number of ether oxygens (including phenoxy) is 3. The lowest BCUT2D eigenvalue weighted by Gasteiger charge is -2.23. The Morgan fingerprint density at radius 1 is 0.897 bits per heavy atom. The number of hydrogen-bond acceptors (Lipinski definition) is 4. The molecule has 2 rings (SSSR count). The van der Waals surface area contributed by atoms with Gasteiger partial charge in [-0.25, -0.2) is 0 Å². The first kappa shape index (κ1) is 23.4. The molecular weight excluding hydrogens is 362 g/mol. The SMILES string of the molecule is CNC(C)c1ccc(CCCOc2c(C(C)OC)cc(C)cc2C(C)OC)cc1. The van der Waals surface area contributed by atoms with Crippen LogP contribution in [0.3, 0.4) is 0 Å². The van der Waals surface area contributed by atoms with Crippen LogP contribution in [-0.2, 0) is 15.9 Å². The van der Waals surface area contributed by atoms with E-state index in [1.807, 2.05) is 7.05 Å². The van der Waals surface area contributed by atoms with Crippen LogP contribution >= 0.6 is 0 Å². The first-order valence-corrected chi connectivity index (χ1v) is 10.5. The normalized spacial score (nSPS) is 14.4. The maximum atomic E-state index is 6.30. The van der Waals surface area contributed by atoms with Crippen LogP contribution in [-0.4, -0.2) is 27.9 Å². The summed E-state index contributed by atoms with van der Waals surface area (Å²) in [6.45, 7) is 9.03. The largest absolute Gasteiger partial charge is 0.493 e. The second-order valence-electron chi connectivity index (χ2n) is 7.73. The Kier molecular flexibility index (Phi) is 9.15. The molecule has 160 valence electrons. The maximum absolute atomic E-state index is 6.30. The third kappa shape index (κ3) is 6.30. The molecule has 0 aromatic heterocycles. The zero-order chi connectivity index (χ0) is 21.4. The fourth-order valence-corrected chi connectivity index (χ4v) is 3.44. The van der Waals surface area contributed by atoms with Crippen molar-refractivity contribution in [2.75, 3.05) is 27.9 Å². The van der Waals surface area contributed by atoms with Gasteiger partial charge in [0, 0.05) is 31.4 Å². The van der Waals surface area contributed by atoms with Gasteiger partial charge >= 0.3 is 0 Å². The first-order chi connectivity index (χ1) is 13.9. The minimum absolute atomic E-state index is 0.0329. The molecule has 29 heavy (non-hydrogen) atoms. The minimum Gasteiger partial charge on any atom is -0.493 e. The van der Waals surface area contributed by atoms with Gasteiger partial charge in [-0.05, 0) is 70.8 Å². The van der Waals surface area contributed by atoms with E-state index in [0.29, 0.717) is 12.6 Å². The number of aryl methyl sites for hydroxylation is 2. The van der Waals surface area contributed by atoms with Crippen molar-refractivity contribution in [2.24, 2.45) is 0 Å². The molecule has 0 aliphatic rings. The van der Waals surface area contributed by atoms with Crippen LogP contribution < -0.4 is 10.1 Å². The molecule has 0 heterocycles. The van der Waals surface area contributed by atoms with Crippen molar-refractivity contribution in [3.8, 4) is 5.75 Å². The monoisotopic (exact) mass is 399 g/mol. The minimum atomic E-state index is -0.0329. The standard InChI is InChI=1S/C25H37NO3/c1-17-15-23(19(3)27-6)25(24(16-17)20(4)28-7)29-14-8-9-21-10-12-22(13-11-21)18(2)26-5/h10-13,15-16,18-20,26H,8-9,14H2,1-7H3. The summed E-state index contributed by atoms with van der Waals surface area (Å²) in [4.78, 5) is 0. The molecule has 0 amide bonds. The fraction of sp³-hybridized carbons (Fsp3) is 0.520. The van der Waals surface area contributed by atoms with Gasteiger partial charge in [0.15, 0.2) is 0 Å². The molecule has 3 unspecified atom stereocenters. The van der Waals surface area contributed by atoms with Crippen molar-refractivity contribution in [1.29, 1.82) is 0 Å². The van der Waals surface area contributed by atoms with Gasteiger partial charge in [0.1, 0.15) is 5.75 Å². The summed E-state index contributed by atoms with van der Waals surface area (Å²) in [7, 11) is 5.45. The van der Waals surface area contributed by atoms with Crippen molar-refractivity contribution in [1.82, 2.24) is 5.32 Å². The fourth-order valence-electron chi connectivity index (χ4n) is 3.44. The van der Waals surface area contributed by atoms with Crippen LogP contribution in [0.2, 0.25) is 0 Å². The van der Waals surface area contributed by atoms with Gasteiger partial charge in [-0.15, -0.1) is 0 Å². The van der Waals surface area contributed by atoms with Crippen molar-refractivity contribution in [3.05, 3.63) is 64.2 Å². The average Bonchev–Trinajstić information content (AvgIpc) is 2.75. The van der Waals surface area contributed by atoms with Crippen LogP contribution in [0, 0.1) is 6.92 Å². The van der Waals surface area contributed by atoms with E-state index in [1.54, 1.807) is 14.2 Å². The highest BCUT2D eigenvalue weighted by Gasteiger charge is 2.20. The van der Waals surface area contributed by atoms with Crippen LogP contribution in [0.1, 0.15) is 73.3 Å². The lowest BCUT2D eigenvalue weighted by molar-refractivity contribution is 0.107. The van der Waals surface area contributed by atoms with Gasteiger partial charge < -0.3 is 19.5 Å². The summed E-state index contributed by atoms with van der Waals surface area (Å²) in [5, 5.41) is 3.27. The Labute approximate surface area is 176 Å². The smallest absolute Gasteiger partial charge is 0.130 e. The van der Waals surface area contributed by atoms with E-state index < -0.39 is 0 Å². The molecule has 0 radical (unpaired) electrons. The highest BCUT2D eigenvalue weighted by Crippen LogP contribution is 2.36. The van der Waals surface area contributed by atoms with Crippen LogP contribution in [0.4, 0.5) is 0 Å². The van der Waals surface area contributed by atoms with E-state index in [0.717, 1.165) is 29.7 Å². The lowest BCUT2D eigenvalue weighted by Crippen LogP contribution is -2.12. The Bertz CT molecular complexity index is 726. The van der Waals surface area contributed by atoms with E-state index in [2.05, 4.69) is 69.4 Å². The molecule has 0 aliphatic carbocycles. The lowest BCUT2D eigenvalue weighted by atomic mass is 9.98. The van der Waals surface area contributed by atoms with Crippen molar-refractivity contribution in [2.45, 2.75) is 58.8 Å². The predicted octanol–water partition coefficient (Wildman–Crippen LogP) is 5.70. The second kappa shape index (κ2) is 11.3. The van der Waals surface area contributed by atoms with E-state index in [4.69, 9.17) is 14.2 Å². The second-order valence-corrected chi connectivity index (χ2v) is 7.73. The number of hydrogen-bond donors (Lipinski definition) is 1. The third-order valence-electron chi connectivity index (χ3n) is 5.64. The first-order valence-electron chi connectivity index (χ1n) is 10.5. The van der Waals surface area contributed by atoms with Gasteiger partial charge in [0.25, 0.3) is 0 Å². The molecule has 2 aromatic rings. The van der Waals surface area contributed by atoms with Crippen LogP contribution in [0.5, 0.6) is 5.75 Å². The zero-order valence-electron chi connectivity index (χ0n) is 19.0. The van der Waals surface area contributed by atoms with Crippen molar-refractivity contribution < 1.29 is 14.2 Å². The average molecular weight is 400 g/mol. The molecule has 0 bridgehead atoms. The number of benzene rings is 2. The van der Waals surface area contributed by atoms with Crippen molar-refractivity contribution in [3.63, 3.8) is 0 Å². The highest BCUT2D eigenvalue weighted by molar-refractivity contribution is 5.47. The molecule has 2 aromatic carbocycles. The van der Waals surface area contributed by atoms with Gasteiger partial charge in [0.2, 0.25) is 0 Å². The predicted molar refractivity (Wildman–Crippen MR) is 120 cm³/mol. The number of nitrogens with one attached hydrogen (secondary N) is 1. The molecule has 0 saturated carbocycles. The van der Waals surface area contributed by atoms with E-state index in [-0.39, 0.29) is 12.2 Å². The summed E-state index contributed by atoms with van der Waals surface area (Å²) in [5.41, 5.74) is 5.99. The van der Waals surface area contributed by atoms with E-state index >= 15 is 0 Å². The Hall–Kier alpha value is -1.88. The third-order valence-corrected chi connectivity index (χ3v) is 5.64. The molecule has 1 N–H and O–H groups in total. The van der Waals surface area contributed by atoms with Gasteiger partial charge in [-0.1, -0.05) is 29.8 Å². The molecule has 3 atom stereocenters. The summed E-state index contributed by atoms with van der Waals surface area (Å²) < 4.78 is 17.5. The van der Waals surface area contributed by atoms with Crippen molar-refractivity contribution >= 4 is 0 Å². The van der Waals surface area contributed by atoms with Gasteiger partial charge in [-0.3, -0.25) is 0 Å². The Morgan fingerprint density at radius 2 is 1.45 bits per heavy atom. The highest BCUT2D eigenvalue weighted by atomic mass is 16.5. The summed E-state index contributed by atoms with van der Waals surface area (Å²) >= 11 is 0. The number of methoxy groups -OCH3 is 2. The molecular formula is C25H37NO3. The molecule has 4 heteroatoms.